The third kappa shape index (κ3) is 3.19. The van der Waals surface area contributed by atoms with Crippen LogP contribution in [0.4, 0.5) is 5.69 Å². The maximum absolute atomic E-state index is 6.11. The summed E-state index contributed by atoms with van der Waals surface area (Å²) in [6, 6.07) is 6.78. The van der Waals surface area contributed by atoms with Crippen molar-refractivity contribution in [3.05, 3.63) is 28.8 Å². The van der Waals surface area contributed by atoms with Crippen molar-refractivity contribution < 1.29 is 0 Å². The number of halogens is 2. The third-order valence-corrected chi connectivity index (χ3v) is 4.60. The van der Waals surface area contributed by atoms with E-state index in [0.29, 0.717) is 6.04 Å². The van der Waals surface area contributed by atoms with Crippen LogP contribution in [0.25, 0.3) is 0 Å². The van der Waals surface area contributed by atoms with Crippen LogP contribution in [0.5, 0.6) is 0 Å². The Morgan fingerprint density at radius 2 is 2.28 bits per heavy atom. The Labute approximate surface area is 123 Å². The molecule has 0 N–H and O–H groups in total. The zero-order valence-electron chi connectivity index (χ0n) is 11.0. The highest BCUT2D eigenvalue weighted by molar-refractivity contribution is 9.08. The Morgan fingerprint density at radius 1 is 1.50 bits per heavy atom. The molecule has 1 saturated heterocycles. The predicted octanol–water partition coefficient (Wildman–Crippen LogP) is 3.77. The molecule has 0 aliphatic carbocycles. The van der Waals surface area contributed by atoms with Gasteiger partial charge in [-0.1, -0.05) is 33.6 Å². The van der Waals surface area contributed by atoms with Gasteiger partial charge in [0, 0.05) is 35.7 Å². The van der Waals surface area contributed by atoms with Gasteiger partial charge in [-0.25, -0.2) is 0 Å². The number of alkyl halides is 1. The smallest absolute Gasteiger partial charge is 0.0426 e. The number of benzene rings is 1. The molecule has 0 amide bonds. The molecule has 0 aromatic heterocycles. The Kier molecular flexibility index (Phi) is 4.93. The van der Waals surface area contributed by atoms with E-state index >= 15 is 0 Å². The summed E-state index contributed by atoms with van der Waals surface area (Å²) >= 11 is 9.66. The molecule has 1 aromatic carbocycles. The Morgan fingerprint density at radius 3 is 2.89 bits per heavy atom. The van der Waals surface area contributed by atoms with Crippen molar-refractivity contribution in [2.75, 3.05) is 32.1 Å². The van der Waals surface area contributed by atoms with Gasteiger partial charge in [-0.05, 0) is 44.1 Å². The summed E-state index contributed by atoms with van der Waals surface area (Å²) in [5.41, 5.74) is 2.53. The van der Waals surface area contributed by atoms with Gasteiger partial charge in [0.05, 0.1) is 0 Å². The highest BCUT2D eigenvalue weighted by Crippen LogP contribution is 2.27. The van der Waals surface area contributed by atoms with E-state index in [1.807, 2.05) is 6.07 Å². The van der Waals surface area contributed by atoms with Crippen molar-refractivity contribution in [3.8, 4) is 0 Å². The standard InChI is InChI=1S/C14H20BrClN2/c1-17-7-3-4-13(17)10-18(2)14-8-12(16)6-5-11(14)9-15/h5-6,8,13H,3-4,7,9-10H2,1-2H3. The second-order valence-corrected chi connectivity index (χ2v) is 6.06. The molecule has 0 spiro atoms. The average Bonchev–Trinajstić information content (AvgIpc) is 2.75. The van der Waals surface area contributed by atoms with Gasteiger partial charge in [-0.3, -0.25) is 0 Å². The molecule has 1 aromatic rings. The second kappa shape index (κ2) is 6.27. The van der Waals surface area contributed by atoms with Gasteiger partial charge in [0.15, 0.2) is 0 Å². The van der Waals surface area contributed by atoms with E-state index < -0.39 is 0 Å². The molecule has 1 heterocycles. The fourth-order valence-corrected chi connectivity index (χ4v) is 3.27. The first-order chi connectivity index (χ1) is 8.61. The van der Waals surface area contributed by atoms with Crippen LogP contribution in [-0.2, 0) is 5.33 Å². The molecule has 1 unspecified atom stereocenters. The summed E-state index contributed by atoms with van der Waals surface area (Å²) in [6.45, 7) is 2.29. The Hall–Kier alpha value is -0.250. The van der Waals surface area contributed by atoms with Gasteiger partial charge in [-0.2, -0.15) is 0 Å². The first-order valence-electron chi connectivity index (χ1n) is 6.37. The molecule has 1 aliphatic heterocycles. The van der Waals surface area contributed by atoms with Crippen LogP contribution >= 0.6 is 27.5 Å². The monoisotopic (exact) mass is 330 g/mol. The lowest BCUT2D eigenvalue weighted by molar-refractivity contribution is 0.314. The molecular formula is C14H20BrClN2. The molecule has 100 valence electrons. The molecule has 4 heteroatoms. The fraction of sp³-hybridized carbons (Fsp3) is 0.571. The van der Waals surface area contributed by atoms with Crippen molar-refractivity contribution in [1.82, 2.24) is 4.90 Å². The van der Waals surface area contributed by atoms with E-state index in [9.17, 15) is 0 Å². The molecule has 18 heavy (non-hydrogen) atoms. The van der Waals surface area contributed by atoms with Crippen LogP contribution in [0, 0.1) is 0 Å². The topological polar surface area (TPSA) is 6.48 Å². The zero-order valence-corrected chi connectivity index (χ0v) is 13.3. The number of hydrogen-bond donors (Lipinski definition) is 0. The predicted molar refractivity (Wildman–Crippen MR) is 83.0 cm³/mol. The lowest BCUT2D eigenvalue weighted by Crippen LogP contribution is -2.36. The second-order valence-electron chi connectivity index (χ2n) is 5.06. The number of hydrogen-bond acceptors (Lipinski definition) is 2. The lowest BCUT2D eigenvalue weighted by Gasteiger charge is -2.28. The summed E-state index contributed by atoms with van der Waals surface area (Å²) in [7, 11) is 4.37. The largest absolute Gasteiger partial charge is 0.373 e. The highest BCUT2D eigenvalue weighted by Gasteiger charge is 2.22. The zero-order chi connectivity index (χ0) is 13.1. The van der Waals surface area contributed by atoms with E-state index in [4.69, 9.17) is 11.6 Å². The van der Waals surface area contributed by atoms with Gasteiger partial charge in [0.2, 0.25) is 0 Å². The normalized spacial score (nSPS) is 20.3. The van der Waals surface area contributed by atoms with Crippen molar-refractivity contribution in [3.63, 3.8) is 0 Å². The first-order valence-corrected chi connectivity index (χ1v) is 7.87. The molecule has 0 saturated carbocycles. The fourth-order valence-electron chi connectivity index (χ4n) is 2.63. The van der Waals surface area contributed by atoms with Gasteiger partial charge in [-0.15, -0.1) is 0 Å². The minimum absolute atomic E-state index is 0.664. The summed E-state index contributed by atoms with van der Waals surface area (Å²) in [5, 5.41) is 1.67. The van der Waals surface area contributed by atoms with E-state index in [-0.39, 0.29) is 0 Å². The van der Waals surface area contributed by atoms with Crippen LogP contribution in [0.3, 0.4) is 0 Å². The summed E-state index contributed by atoms with van der Waals surface area (Å²) in [4.78, 5) is 4.78. The number of nitrogens with zero attached hydrogens (tertiary/aromatic N) is 2. The van der Waals surface area contributed by atoms with Gasteiger partial charge >= 0.3 is 0 Å². The van der Waals surface area contributed by atoms with Crippen LogP contribution in [0.15, 0.2) is 18.2 Å². The minimum atomic E-state index is 0.664. The Balaban J connectivity index is 2.12. The van der Waals surface area contributed by atoms with Crippen molar-refractivity contribution in [2.24, 2.45) is 0 Å². The van der Waals surface area contributed by atoms with Crippen molar-refractivity contribution in [2.45, 2.75) is 24.2 Å². The molecule has 2 rings (SSSR count). The summed E-state index contributed by atoms with van der Waals surface area (Å²) in [6.07, 6.45) is 2.61. The van der Waals surface area contributed by atoms with E-state index in [1.165, 1.54) is 30.6 Å². The molecule has 0 radical (unpaired) electrons. The molecular weight excluding hydrogens is 312 g/mol. The van der Waals surface area contributed by atoms with Crippen molar-refractivity contribution >= 4 is 33.2 Å². The third-order valence-electron chi connectivity index (χ3n) is 3.76. The van der Waals surface area contributed by atoms with Crippen LogP contribution < -0.4 is 4.90 Å². The van der Waals surface area contributed by atoms with Crippen LogP contribution in [0.2, 0.25) is 5.02 Å². The lowest BCUT2D eigenvalue weighted by atomic mass is 10.1. The maximum Gasteiger partial charge on any atom is 0.0426 e. The minimum Gasteiger partial charge on any atom is -0.373 e. The molecule has 0 bridgehead atoms. The van der Waals surface area contributed by atoms with Gasteiger partial charge in [0.1, 0.15) is 0 Å². The summed E-state index contributed by atoms with van der Waals surface area (Å²) in [5.74, 6) is 0. The number of rotatable bonds is 4. The molecule has 1 fully saturated rings. The Bertz CT molecular complexity index is 411. The highest BCUT2D eigenvalue weighted by atomic mass is 79.9. The number of likely N-dealkylation sites (N-methyl/N-ethyl adjacent to an activating group) is 2. The van der Waals surface area contributed by atoms with Crippen molar-refractivity contribution in [1.29, 1.82) is 0 Å². The SMILES string of the molecule is CN(CC1CCCN1C)c1cc(Cl)ccc1CBr. The number of likely N-dealkylation sites (tertiary alicyclic amines) is 1. The van der Waals surface area contributed by atoms with E-state index in [1.54, 1.807) is 0 Å². The maximum atomic E-state index is 6.11. The average molecular weight is 332 g/mol. The summed E-state index contributed by atoms with van der Waals surface area (Å²) < 4.78 is 0. The van der Waals surface area contributed by atoms with Crippen LogP contribution in [-0.4, -0.2) is 38.1 Å². The van der Waals surface area contributed by atoms with E-state index in [0.717, 1.165) is 16.9 Å². The number of anilines is 1. The van der Waals surface area contributed by atoms with E-state index in [2.05, 4.69) is 52.0 Å². The first kappa shape index (κ1) is 14.2. The van der Waals surface area contributed by atoms with Gasteiger partial charge < -0.3 is 9.80 Å². The van der Waals surface area contributed by atoms with Gasteiger partial charge in [0.25, 0.3) is 0 Å². The molecule has 1 atom stereocenters. The quantitative estimate of drug-likeness (QED) is 0.775. The molecule has 2 nitrogen and oxygen atoms in total. The molecule has 1 aliphatic rings. The van der Waals surface area contributed by atoms with Crippen LogP contribution in [0.1, 0.15) is 18.4 Å².